The van der Waals surface area contributed by atoms with E-state index in [1.807, 2.05) is 0 Å². The lowest BCUT2D eigenvalue weighted by atomic mass is 10.2. The lowest BCUT2D eigenvalue weighted by molar-refractivity contribution is -0.139. The predicted octanol–water partition coefficient (Wildman–Crippen LogP) is -0.902. The molecule has 6 N–H and O–H groups in total. The van der Waals surface area contributed by atoms with E-state index < -0.39 is 49.2 Å². The SMILES string of the molecule is N[C@@H](CCP(=O)(O)C(O)C1CC1C(=O)O)C(=O)O. The van der Waals surface area contributed by atoms with E-state index in [-0.39, 0.29) is 12.8 Å². The fourth-order valence-corrected chi connectivity index (χ4v) is 3.55. The molecule has 0 aromatic rings. The molecule has 1 rings (SSSR count). The number of aliphatic carboxylic acids is 2. The standard InChI is InChI=1S/C9H16NO7P/c10-6(8(13)14)1-2-18(16,17)9(15)5-3-4(5)7(11)12/h4-6,9,15H,1-3,10H2,(H,11,12)(H,13,14)(H,16,17)/t4?,5?,6-,9?/m0/s1. The zero-order chi connectivity index (χ0) is 14.1. The van der Waals surface area contributed by atoms with Gasteiger partial charge in [-0.3, -0.25) is 14.2 Å². The van der Waals surface area contributed by atoms with Crippen molar-refractivity contribution < 1.29 is 34.4 Å². The van der Waals surface area contributed by atoms with Gasteiger partial charge in [-0.2, -0.15) is 0 Å². The molecule has 1 fully saturated rings. The summed E-state index contributed by atoms with van der Waals surface area (Å²) < 4.78 is 11.8. The molecule has 8 nitrogen and oxygen atoms in total. The van der Waals surface area contributed by atoms with Crippen LogP contribution >= 0.6 is 7.37 Å². The van der Waals surface area contributed by atoms with Gasteiger partial charge in [-0.05, 0) is 12.8 Å². The Morgan fingerprint density at radius 3 is 2.33 bits per heavy atom. The minimum atomic E-state index is -4.00. The topological polar surface area (TPSA) is 158 Å². The minimum absolute atomic E-state index is 0.159. The molecule has 0 aromatic heterocycles. The first-order valence-electron chi connectivity index (χ1n) is 5.37. The van der Waals surface area contributed by atoms with Crippen LogP contribution in [-0.4, -0.2) is 50.2 Å². The summed E-state index contributed by atoms with van der Waals surface area (Å²) >= 11 is 0. The Morgan fingerprint density at radius 1 is 1.39 bits per heavy atom. The van der Waals surface area contributed by atoms with Gasteiger partial charge in [0.25, 0.3) is 0 Å². The summed E-state index contributed by atoms with van der Waals surface area (Å²) in [6.45, 7) is 0. The van der Waals surface area contributed by atoms with Crippen molar-refractivity contribution in [2.45, 2.75) is 24.7 Å². The van der Waals surface area contributed by atoms with Crippen molar-refractivity contribution in [2.75, 3.05) is 6.16 Å². The van der Waals surface area contributed by atoms with Gasteiger partial charge in [-0.25, -0.2) is 0 Å². The van der Waals surface area contributed by atoms with Crippen LogP contribution in [0.15, 0.2) is 0 Å². The number of carbonyl (C=O) groups is 2. The molecule has 1 aliphatic carbocycles. The van der Waals surface area contributed by atoms with Crippen molar-refractivity contribution in [3.63, 3.8) is 0 Å². The first-order chi connectivity index (χ1) is 8.16. The van der Waals surface area contributed by atoms with E-state index in [2.05, 4.69) is 0 Å². The van der Waals surface area contributed by atoms with Crippen molar-refractivity contribution in [1.82, 2.24) is 0 Å². The van der Waals surface area contributed by atoms with Gasteiger partial charge in [0.1, 0.15) is 11.9 Å². The van der Waals surface area contributed by atoms with E-state index in [1.165, 1.54) is 0 Å². The van der Waals surface area contributed by atoms with E-state index in [1.54, 1.807) is 0 Å². The van der Waals surface area contributed by atoms with Gasteiger partial charge in [0.15, 0.2) is 0 Å². The first kappa shape index (κ1) is 15.1. The van der Waals surface area contributed by atoms with E-state index in [9.17, 15) is 24.2 Å². The fraction of sp³-hybridized carbons (Fsp3) is 0.778. The largest absolute Gasteiger partial charge is 0.481 e. The van der Waals surface area contributed by atoms with Crippen LogP contribution in [0, 0.1) is 11.8 Å². The molecule has 18 heavy (non-hydrogen) atoms. The highest BCUT2D eigenvalue weighted by Crippen LogP contribution is 2.57. The van der Waals surface area contributed by atoms with Gasteiger partial charge in [-0.15, -0.1) is 0 Å². The van der Waals surface area contributed by atoms with E-state index >= 15 is 0 Å². The average Bonchev–Trinajstić information content (AvgIpc) is 3.04. The van der Waals surface area contributed by atoms with Gasteiger partial charge >= 0.3 is 11.9 Å². The van der Waals surface area contributed by atoms with E-state index in [4.69, 9.17) is 15.9 Å². The van der Waals surface area contributed by atoms with Crippen LogP contribution in [0.25, 0.3) is 0 Å². The summed E-state index contributed by atoms with van der Waals surface area (Å²) in [5, 5.41) is 26.8. The Hall–Kier alpha value is -0.950. The Bertz CT molecular complexity index is 398. The molecule has 0 spiro atoms. The van der Waals surface area contributed by atoms with E-state index in [0.29, 0.717) is 0 Å². The average molecular weight is 281 g/mol. The molecule has 0 aromatic carbocycles. The Labute approximate surface area is 103 Å². The monoisotopic (exact) mass is 281 g/mol. The van der Waals surface area contributed by atoms with Crippen LogP contribution in [0.5, 0.6) is 0 Å². The third-order valence-corrected chi connectivity index (χ3v) is 5.14. The second kappa shape index (κ2) is 5.36. The predicted molar refractivity (Wildman–Crippen MR) is 60.2 cm³/mol. The first-order valence-corrected chi connectivity index (χ1v) is 7.29. The highest BCUT2D eigenvalue weighted by Gasteiger charge is 2.53. The third kappa shape index (κ3) is 3.52. The molecular weight excluding hydrogens is 265 g/mol. The normalized spacial score (nSPS) is 29.1. The maximum absolute atomic E-state index is 11.8. The number of nitrogens with two attached hydrogens (primary N) is 1. The molecule has 104 valence electrons. The van der Waals surface area contributed by atoms with Crippen LogP contribution in [0.2, 0.25) is 0 Å². The Balaban J connectivity index is 2.51. The van der Waals surface area contributed by atoms with Crippen LogP contribution in [-0.2, 0) is 14.2 Å². The van der Waals surface area contributed by atoms with E-state index in [0.717, 1.165) is 0 Å². The lowest BCUT2D eigenvalue weighted by Gasteiger charge is -2.18. The molecule has 4 unspecified atom stereocenters. The highest BCUT2D eigenvalue weighted by atomic mass is 31.2. The quantitative estimate of drug-likeness (QED) is 0.375. The molecule has 1 saturated carbocycles. The van der Waals surface area contributed by atoms with Crippen molar-refractivity contribution >= 4 is 19.3 Å². The summed E-state index contributed by atoms with van der Waals surface area (Å²) in [5.41, 5.74) is 5.18. The minimum Gasteiger partial charge on any atom is -0.481 e. The van der Waals surface area contributed by atoms with Crippen molar-refractivity contribution in [3.05, 3.63) is 0 Å². The van der Waals surface area contributed by atoms with Crippen molar-refractivity contribution in [3.8, 4) is 0 Å². The number of carboxylic acid groups (broad SMARTS) is 2. The van der Waals surface area contributed by atoms with Gasteiger partial charge < -0.3 is 25.9 Å². The molecule has 0 saturated heterocycles. The molecule has 0 bridgehead atoms. The highest BCUT2D eigenvalue weighted by molar-refractivity contribution is 7.58. The summed E-state index contributed by atoms with van der Waals surface area (Å²) in [6, 6.07) is -1.27. The van der Waals surface area contributed by atoms with Crippen molar-refractivity contribution in [2.24, 2.45) is 17.6 Å². The van der Waals surface area contributed by atoms with Gasteiger partial charge in [0.2, 0.25) is 7.37 Å². The molecule has 0 amide bonds. The summed E-state index contributed by atoms with van der Waals surface area (Å²) in [4.78, 5) is 30.6. The lowest BCUT2D eigenvalue weighted by Crippen LogP contribution is -2.31. The van der Waals surface area contributed by atoms with Crippen LogP contribution < -0.4 is 5.73 Å². The summed E-state index contributed by atoms with van der Waals surface area (Å²) in [6.07, 6.45) is -0.527. The van der Waals surface area contributed by atoms with Gasteiger partial charge in [-0.1, -0.05) is 0 Å². The maximum atomic E-state index is 11.8. The third-order valence-electron chi connectivity index (χ3n) is 3.03. The molecule has 5 atom stereocenters. The smallest absolute Gasteiger partial charge is 0.320 e. The zero-order valence-electron chi connectivity index (χ0n) is 9.47. The summed E-state index contributed by atoms with van der Waals surface area (Å²) in [5.74, 6) is -5.56. The second-order valence-electron chi connectivity index (χ2n) is 4.47. The number of carboxylic acids is 2. The van der Waals surface area contributed by atoms with Crippen molar-refractivity contribution in [1.29, 1.82) is 0 Å². The Kier molecular flexibility index (Phi) is 4.50. The van der Waals surface area contributed by atoms with Crippen LogP contribution in [0.1, 0.15) is 12.8 Å². The molecule has 1 aliphatic rings. The maximum Gasteiger partial charge on any atom is 0.320 e. The molecular formula is C9H16NO7P. The molecule has 0 radical (unpaired) electrons. The zero-order valence-corrected chi connectivity index (χ0v) is 10.4. The Morgan fingerprint density at radius 2 is 1.94 bits per heavy atom. The van der Waals surface area contributed by atoms with Gasteiger partial charge in [0.05, 0.1) is 5.92 Å². The molecule has 0 heterocycles. The number of aliphatic hydroxyl groups is 1. The van der Waals surface area contributed by atoms with Crippen LogP contribution in [0.4, 0.5) is 0 Å². The second-order valence-corrected chi connectivity index (χ2v) is 6.96. The van der Waals surface area contributed by atoms with Gasteiger partial charge in [0, 0.05) is 12.1 Å². The number of hydrogen-bond donors (Lipinski definition) is 5. The fourth-order valence-electron chi connectivity index (χ4n) is 1.71. The number of hydrogen-bond acceptors (Lipinski definition) is 5. The summed E-state index contributed by atoms with van der Waals surface area (Å²) in [7, 11) is -4.00. The molecule has 0 aliphatic heterocycles. The number of aliphatic hydroxyl groups excluding tert-OH is 1. The molecule has 9 heteroatoms. The van der Waals surface area contributed by atoms with Crippen LogP contribution in [0.3, 0.4) is 0 Å². The number of rotatable bonds is 7.